The molecule has 1 aromatic carbocycles. The summed E-state index contributed by atoms with van der Waals surface area (Å²) in [5, 5.41) is 0. The standard InChI is InChI=1S/C8H9FN2OS/c9-7-3-1-2-6(4-7)5-11(13)8(10)12/h1-4,13H,5H2,(H2,10,12). The Kier molecular flexibility index (Phi) is 3.13. The van der Waals surface area contributed by atoms with Gasteiger partial charge in [-0.15, -0.1) is 0 Å². The maximum absolute atomic E-state index is 12.7. The summed E-state index contributed by atoms with van der Waals surface area (Å²) in [6.07, 6.45) is 0. The molecule has 0 aliphatic carbocycles. The van der Waals surface area contributed by atoms with E-state index in [1.54, 1.807) is 12.1 Å². The first-order chi connectivity index (χ1) is 6.09. The fourth-order valence-electron chi connectivity index (χ4n) is 0.886. The minimum atomic E-state index is -0.660. The van der Waals surface area contributed by atoms with Crippen LogP contribution in [0.15, 0.2) is 24.3 Å². The minimum Gasteiger partial charge on any atom is -0.351 e. The van der Waals surface area contributed by atoms with E-state index in [1.165, 1.54) is 12.1 Å². The molecule has 2 amide bonds. The van der Waals surface area contributed by atoms with Gasteiger partial charge in [-0.25, -0.2) is 9.18 Å². The number of urea groups is 1. The Morgan fingerprint density at radius 1 is 1.62 bits per heavy atom. The molecule has 3 nitrogen and oxygen atoms in total. The predicted molar refractivity (Wildman–Crippen MR) is 50.5 cm³/mol. The normalized spacial score (nSPS) is 9.69. The third-order valence-corrected chi connectivity index (χ3v) is 1.81. The SMILES string of the molecule is NC(=O)N(S)Cc1cccc(F)c1. The maximum Gasteiger partial charge on any atom is 0.324 e. The van der Waals surface area contributed by atoms with E-state index in [0.717, 1.165) is 4.31 Å². The monoisotopic (exact) mass is 200 g/mol. The molecule has 0 aliphatic heterocycles. The zero-order valence-corrected chi connectivity index (χ0v) is 7.67. The van der Waals surface area contributed by atoms with Crippen molar-refractivity contribution in [1.82, 2.24) is 4.31 Å². The van der Waals surface area contributed by atoms with Gasteiger partial charge in [0.25, 0.3) is 0 Å². The van der Waals surface area contributed by atoms with Crippen molar-refractivity contribution in [2.24, 2.45) is 5.73 Å². The number of amides is 2. The van der Waals surface area contributed by atoms with Crippen LogP contribution in [-0.2, 0) is 6.54 Å². The molecule has 5 heteroatoms. The van der Waals surface area contributed by atoms with Crippen molar-refractivity contribution in [3.05, 3.63) is 35.6 Å². The molecule has 2 N–H and O–H groups in total. The summed E-state index contributed by atoms with van der Waals surface area (Å²) in [7, 11) is 0. The van der Waals surface area contributed by atoms with Gasteiger partial charge in [-0.05, 0) is 17.7 Å². The first kappa shape index (κ1) is 9.85. The summed E-state index contributed by atoms with van der Waals surface area (Å²) < 4.78 is 13.7. The van der Waals surface area contributed by atoms with Crippen molar-refractivity contribution in [1.29, 1.82) is 0 Å². The predicted octanol–water partition coefficient (Wildman–Crippen LogP) is 1.55. The van der Waals surface area contributed by atoms with Crippen LogP contribution in [0.2, 0.25) is 0 Å². The zero-order chi connectivity index (χ0) is 9.84. The molecular formula is C8H9FN2OS. The molecular weight excluding hydrogens is 191 g/mol. The number of hydrogen-bond acceptors (Lipinski definition) is 2. The highest BCUT2D eigenvalue weighted by Gasteiger charge is 2.05. The average Bonchev–Trinajstić information content (AvgIpc) is 2.04. The molecule has 0 atom stereocenters. The van der Waals surface area contributed by atoms with Crippen LogP contribution in [-0.4, -0.2) is 10.3 Å². The van der Waals surface area contributed by atoms with E-state index in [2.05, 4.69) is 12.8 Å². The molecule has 1 aromatic rings. The summed E-state index contributed by atoms with van der Waals surface area (Å²) in [6.45, 7) is 0.191. The number of benzene rings is 1. The van der Waals surface area contributed by atoms with E-state index in [0.29, 0.717) is 5.56 Å². The lowest BCUT2D eigenvalue weighted by Gasteiger charge is -2.11. The van der Waals surface area contributed by atoms with Gasteiger partial charge in [-0.1, -0.05) is 24.9 Å². The molecule has 0 saturated carbocycles. The van der Waals surface area contributed by atoms with Crippen molar-refractivity contribution in [2.45, 2.75) is 6.54 Å². The Morgan fingerprint density at radius 2 is 2.31 bits per heavy atom. The number of primary amides is 1. The van der Waals surface area contributed by atoms with Crippen LogP contribution in [0.4, 0.5) is 9.18 Å². The number of nitrogens with zero attached hydrogens (tertiary/aromatic N) is 1. The van der Waals surface area contributed by atoms with E-state index < -0.39 is 6.03 Å². The number of hydrogen-bond donors (Lipinski definition) is 2. The van der Waals surface area contributed by atoms with Crippen LogP contribution >= 0.6 is 12.8 Å². The van der Waals surface area contributed by atoms with Crippen LogP contribution < -0.4 is 5.73 Å². The summed E-state index contributed by atoms with van der Waals surface area (Å²) in [4.78, 5) is 10.6. The van der Waals surface area contributed by atoms with Gasteiger partial charge in [0.15, 0.2) is 0 Å². The fourth-order valence-corrected chi connectivity index (χ4v) is 1.05. The van der Waals surface area contributed by atoms with Gasteiger partial charge in [0.05, 0.1) is 6.54 Å². The average molecular weight is 200 g/mol. The Morgan fingerprint density at radius 3 is 2.85 bits per heavy atom. The maximum atomic E-state index is 12.7. The second-order valence-electron chi connectivity index (χ2n) is 2.53. The number of thiol groups is 1. The fraction of sp³-hybridized carbons (Fsp3) is 0.125. The minimum absolute atomic E-state index is 0.191. The smallest absolute Gasteiger partial charge is 0.324 e. The lowest BCUT2D eigenvalue weighted by atomic mass is 10.2. The lowest BCUT2D eigenvalue weighted by molar-refractivity contribution is 0.234. The van der Waals surface area contributed by atoms with Crippen LogP contribution in [0, 0.1) is 5.82 Å². The van der Waals surface area contributed by atoms with Crippen LogP contribution in [0.25, 0.3) is 0 Å². The summed E-state index contributed by atoms with van der Waals surface area (Å²) in [6, 6.07) is 5.25. The number of carbonyl (C=O) groups excluding carboxylic acids is 1. The molecule has 0 aromatic heterocycles. The highest BCUT2D eigenvalue weighted by atomic mass is 32.1. The highest BCUT2D eigenvalue weighted by molar-refractivity contribution is 7.78. The van der Waals surface area contributed by atoms with Gasteiger partial charge in [0.1, 0.15) is 5.82 Å². The Bertz CT molecular complexity index is 319. The van der Waals surface area contributed by atoms with Crippen molar-refractivity contribution in [3.63, 3.8) is 0 Å². The molecule has 0 spiro atoms. The third-order valence-electron chi connectivity index (χ3n) is 1.48. The topological polar surface area (TPSA) is 46.3 Å². The number of halogens is 1. The number of rotatable bonds is 2. The molecule has 70 valence electrons. The molecule has 0 bridgehead atoms. The Hall–Kier alpha value is -1.23. The molecule has 0 fully saturated rings. The van der Waals surface area contributed by atoms with Crippen molar-refractivity contribution < 1.29 is 9.18 Å². The zero-order valence-electron chi connectivity index (χ0n) is 6.77. The molecule has 0 radical (unpaired) electrons. The van der Waals surface area contributed by atoms with Crippen LogP contribution in [0.5, 0.6) is 0 Å². The molecule has 1 rings (SSSR count). The molecule has 0 unspecified atom stereocenters. The number of carbonyl (C=O) groups is 1. The van der Waals surface area contributed by atoms with Gasteiger partial charge in [0, 0.05) is 0 Å². The van der Waals surface area contributed by atoms with Gasteiger partial charge in [-0.3, -0.25) is 4.31 Å². The molecule has 13 heavy (non-hydrogen) atoms. The second-order valence-corrected chi connectivity index (χ2v) is 3.01. The van der Waals surface area contributed by atoms with Gasteiger partial charge in [-0.2, -0.15) is 0 Å². The third kappa shape index (κ3) is 2.95. The largest absolute Gasteiger partial charge is 0.351 e. The van der Waals surface area contributed by atoms with Crippen LogP contribution in [0.3, 0.4) is 0 Å². The molecule has 0 saturated heterocycles. The van der Waals surface area contributed by atoms with Gasteiger partial charge in [0.2, 0.25) is 0 Å². The quantitative estimate of drug-likeness (QED) is 0.699. The van der Waals surface area contributed by atoms with Crippen molar-refractivity contribution >= 4 is 18.8 Å². The number of nitrogens with two attached hydrogens (primary N) is 1. The summed E-state index contributed by atoms with van der Waals surface area (Å²) in [5.74, 6) is -0.344. The first-order valence-electron chi connectivity index (χ1n) is 3.60. The van der Waals surface area contributed by atoms with E-state index in [4.69, 9.17) is 5.73 Å². The highest BCUT2D eigenvalue weighted by Crippen LogP contribution is 2.08. The van der Waals surface area contributed by atoms with E-state index >= 15 is 0 Å². The van der Waals surface area contributed by atoms with Gasteiger partial charge >= 0.3 is 6.03 Å². The second kappa shape index (κ2) is 4.13. The lowest BCUT2D eigenvalue weighted by Crippen LogP contribution is -2.27. The van der Waals surface area contributed by atoms with Crippen molar-refractivity contribution in [2.75, 3.05) is 0 Å². The Balaban J connectivity index is 2.69. The summed E-state index contributed by atoms with van der Waals surface area (Å²) >= 11 is 3.81. The Labute approximate surface area is 80.9 Å². The van der Waals surface area contributed by atoms with Gasteiger partial charge < -0.3 is 5.73 Å². The van der Waals surface area contributed by atoms with E-state index in [-0.39, 0.29) is 12.4 Å². The van der Waals surface area contributed by atoms with E-state index in [1.807, 2.05) is 0 Å². The van der Waals surface area contributed by atoms with Crippen molar-refractivity contribution in [3.8, 4) is 0 Å². The molecule has 0 heterocycles. The summed E-state index contributed by atoms with van der Waals surface area (Å²) in [5.41, 5.74) is 5.59. The molecule has 0 aliphatic rings. The van der Waals surface area contributed by atoms with Crippen LogP contribution in [0.1, 0.15) is 5.56 Å². The first-order valence-corrected chi connectivity index (χ1v) is 4.00. The van der Waals surface area contributed by atoms with E-state index in [9.17, 15) is 9.18 Å².